The SMILES string of the molecule is CCOCCOc1cc(C)ccc1C. The van der Waals surface area contributed by atoms with Crippen molar-refractivity contribution in [2.75, 3.05) is 19.8 Å². The van der Waals surface area contributed by atoms with E-state index in [2.05, 4.69) is 32.0 Å². The van der Waals surface area contributed by atoms with Crippen LogP contribution < -0.4 is 4.74 Å². The van der Waals surface area contributed by atoms with Crippen LogP contribution in [0.25, 0.3) is 0 Å². The molecule has 0 radical (unpaired) electrons. The molecule has 1 rings (SSSR count). The monoisotopic (exact) mass is 194 g/mol. The minimum atomic E-state index is 0.623. The van der Waals surface area contributed by atoms with Gasteiger partial charge in [0.2, 0.25) is 0 Å². The van der Waals surface area contributed by atoms with Gasteiger partial charge in [0.15, 0.2) is 0 Å². The van der Waals surface area contributed by atoms with E-state index < -0.39 is 0 Å². The Bertz CT molecular complexity index is 282. The van der Waals surface area contributed by atoms with Gasteiger partial charge in [0.25, 0.3) is 0 Å². The lowest BCUT2D eigenvalue weighted by atomic mass is 10.1. The fourth-order valence-corrected chi connectivity index (χ4v) is 1.22. The first-order chi connectivity index (χ1) is 6.74. The zero-order valence-electron chi connectivity index (χ0n) is 9.17. The highest BCUT2D eigenvalue weighted by molar-refractivity contribution is 5.35. The van der Waals surface area contributed by atoms with Crippen molar-refractivity contribution in [3.8, 4) is 5.75 Å². The highest BCUT2D eigenvalue weighted by Gasteiger charge is 1.98. The standard InChI is InChI=1S/C12H18O2/c1-4-13-7-8-14-12-9-10(2)5-6-11(12)3/h5-6,9H,4,7-8H2,1-3H3. The zero-order chi connectivity index (χ0) is 10.4. The van der Waals surface area contributed by atoms with Crippen molar-refractivity contribution in [2.45, 2.75) is 20.8 Å². The summed E-state index contributed by atoms with van der Waals surface area (Å²) < 4.78 is 10.8. The van der Waals surface area contributed by atoms with Gasteiger partial charge in [-0.25, -0.2) is 0 Å². The lowest BCUT2D eigenvalue weighted by molar-refractivity contribution is 0.110. The topological polar surface area (TPSA) is 18.5 Å². The molecule has 0 saturated carbocycles. The maximum absolute atomic E-state index is 5.59. The van der Waals surface area contributed by atoms with Crippen LogP contribution in [-0.2, 0) is 4.74 Å². The maximum atomic E-state index is 5.59. The summed E-state index contributed by atoms with van der Waals surface area (Å²) in [7, 11) is 0. The summed E-state index contributed by atoms with van der Waals surface area (Å²) in [5.41, 5.74) is 2.40. The van der Waals surface area contributed by atoms with E-state index in [0.717, 1.165) is 12.4 Å². The fraction of sp³-hybridized carbons (Fsp3) is 0.500. The van der Waals surface area contributed by atoms with Crippen LogP contribution in [0.4, 0.5) is 0 Å². The minimum absolute atomic E-state index is 0.623. The molecule has 0 amide bonds. The summed E-state index contributed by atoms with van der Waals surface area (Å²) in [5, 5.41) is 0. The molecule has 2 nitrogen and oxygen atoms in total. The van der Waals surface area contributed by atoms with Crippen LogP contribution in [0.15, 0.2) is 18.2 Å². The van der Waals surface area contributed by atoms with Gasteiger partial charge in [-0.1, -0.05) is 12.1 Å². The molecule has 0 N–H and O–H groups in total. The van der Waals surface area contributed by atoms with Crippen molar-refractivity contribution < 1.29 is 9.47 Å². The van der Waals surface area contributed by atoms with Crippen molar-refractivity contribution >= 4 is 0 Å². The first-order valence-electron chi connectivity index (χ1n) is 5.02. The smallest absolute Gasteiger partial charge is 0.122 e. The first-order valence-corrected chi connectivity index (χ1v) is 5.02. The summed E-state index contributed by atoms with van der Waals surface area (Å²) in [4.78, 5) is 0. The Morgan fingerprint density at radius 3 is 2.64 bits per heavy atom. The molecule has 0 aromatic heterocycles. The van der Waals surface area contributed by atoms with E-state index in [-0.39, 0.29) is 0 Å². The van der Waals surface area contributed by atoms with E-state index in [9.17, 15) is 0 Å². The Morgan fingerprint density at radius 1 is 1.14 bits per heavy atom. The molecule has 14 heavy (non-hydrogen) atoms. The Hall–Kier alpha value is -1.02. The summed E-state index contributed by atoms with van der Waals surface area (Å²) in [5.74, 6) is 0.963. The van der Waals surface area contributed by atoms with E-state index in [4.69, 9.17) is 9.47 Å². The van der Waals surface area contributed by atoms with Gasteiger partial charge in [-0.15, -0.1) is 0 Å². The highest BCUT2D eigenvalue weighted by Crippen LogP contribution is 2.18. The Balaban J connectivity index is 2.45. The number of benzene rings is 1. The van der Waals surface area contributed by atoms with Gasteiger partial charge in [-0.2, -0.15) is 0 Å². The fourth-order valence-electron chi connectivity index (χ4n) is 1.22. The summed E-state index contributed by atoms with van der Waals surface area (Å²) in [6.45, 7) is 8.13. The number of aryl methyl sites for hydroxylation is 2. The number of hydrogen-bond donors (Lipinski definition) is 0. The molecule has 0 aliphatic carbocycles. The number of rotatable bonds is 5. The van der Waals surface area contributed by atoms with Crippen LogP contribution in [0.5, 0.6) is 5.75 Å². The summed E-state index contributed by atoms with van der Waals surface area (Å²) >= 11 is 0. The van der Waals surface area contributed by atoms with E-state index in [1.807, 2.05) is 6.92 Å². The predicted molar refractivity (Wildman–Crippen MR) is 57.9 cm³/mol. The molecule has 0 atom stereocenters. The third-order valence-electron chi connectivity index (χ3n) is 2.03. The van der Waals surface area contributed by atoms with Gasteiger partial charge >= 0.3 is 0 Å². The van der Waals surface area contributed by atoms with Crippen molar-refractivity contribution in [1.29, 1.82) is 0 Å². The molecule has 0 bridgehead atoms. The lowest BCUT2D eigenvalue weighted by Gasteiger charge is -2.09. The lowest BCUT2D eigenvalue weighted by Crippen LogP contribution is -2.07. The Morgan fingerprint density at radius 2 is 1.93 bits per heavy atom. The third-order valence-corrected chi connectivity index (χ3v) is 2.03. The third kappa shape index (κ3) is 3.38. The molecule has 0 saturated heterocycles. The Kier molecular flexibility index (Phi) is 4.47. The van der Waals surface area contributed by atoms with Crippen molar-refractivity contribution in [2.24, 2.45) is 0 Å². The molecule has 0 heterocycles. The molecule has 0 spiro atoms. The van der Waals surface area contributed by atoms with E-state index in [0.29, 0.717) is 13.2 Å². The number of ether oxygens (including phenoxy) is 2. The van der Waals surface area contributed by atoms with Crippen molar-refractivity contribution in [3.63, 3.8) is 0 Å². The zero-order valence-corrected chi connectivity index (χ0v) is 9.17. The molecule has 0 aliphatic heterocycles. The molecule has 0 aliphatic rings. The normalized spacial score (nSPS) is 10.2. The molecule has 1 aromatic carbocycles. The molecular weight excluding hydrogens is 176 g/mol. The van der Waals surface area contributed by atoms with Crippen LogP contribution in [-0.4, -0.2) is 19.8 Å². The molecule has 0 unspecified atom stereocenters. The Labute approximate surface area is 85.8 Å². The second-order valence-electron chi connectivity index (χ2n) is 3.31. The van der Waals surface area contributed by atoms with Gasteiger partial charge in [-0.05, 0) is 38.0 Å². The average molecular weight is 194 g/mol. The largest absolute Gasteiger partial charge is 0.491 e. The van der Waals surface area contributed by atoms with Crippen LogP contribution in [0, 0.1) is 13.8 Å². The second-order valence-corrected chi connectivity index (χ2v) is 3.31. The molecule has 2 heteroatoms. The average Bonchev–Trinajstić information content (AvgIpc) is 2.18. The molecule has 78 valence electrons. The molecule has 1 aromatic rings. The van der Waals surface area contributed by atoms with Crippen LogP contribution in [0.2, 0.25) is 0 Å². The van der Waals surface area contributed by atoms with Gasteiger partial charge in [0, 0.05) is 6.61 Å². The van der Waals surface area contributed by atoms with E-state index in [1.165, 1.54) is 11.1 Å². The van der Waals surface area contributed by atoms with Crippen LogP contribution in [0.3, 0.4) is 0 Å². The second kappa shape index (κ2) is 5.66. The summed E-state index contributed by atoms with van der Waals surface area (Å²) in [6.07, 6.45) is 0. The highest BCUT2D eigenvalue weighted by atomic mass is 16.5. The van der Waals surface area contributed by atoms with E-state index in [1.54, 1.807) is 0 Å². The predicted octanol–water partition coefficient (Wildman–Crippen LogP) is 2.72. The van der Waals surface area contributed by atoms with Gasteiger partial charge in [0.05, 0.1) is 6.61 Å². The molecular formula is C12H18O2. The molecule has 0 fully saturated rings. The van der Waals surface area contributed by atoms with Crippen molar-refractivity contribution in [1.82, 2.24) is 0 Å². The van der Waals surface area contributed by atoms with Crippen LogP contribution in [0.1, 0.15) is 18.1 Å². The summed E-state index contributed by atoms with van der Waals surface area (Å²) in [6, 6.07) is 6.22. The maximum Gasteiger partial charge on any atom is 0.122 e. The minimum Gasteiger partial charge on any atom is -0.491 e. The quantitative estimate of drug-likeness (QED) is 0.671. The van der Waals surface area contributed by atoms with Gasteiger partial charge < -0.3 is 9.47 Å². The number of hydrogen-bond acceptors (Lipinski definition) is 2. The van der Waals surface area contributed by atoms with Gasteiger partial charge in [0.1, 0.15) is 12.4 Å². The first kappa shape index (κ1) is 11.1. The van der Waals surface area contributed by atoms with Gasteiger partial charge in [-0.3, -0.25) is 0 Å². The van der Waals surface area contributed by atoms with Crippen molar-refractivity contribution in [3.05, 3.63) is 29.3 Å². The van der Waals surface area contributed by atoms with Crippen LogP contribution >= 0.6 is 0 Å². The van der Waals surface area contributed by atoms with E-state index >= 15 is 0 Å².